The third-order valence-corrected chi connectivity index (χ3v) is 4.53. The number of pyridine rings is 1. The lowest BCUT2D eigenvalue weighted by Crippen LogP contribution is -2.25. The Morgan fingerprint density at radius 3 is 2.50 bits per heavy atom. The first-order valence-electron chi connectivity index (χ1n) is 8.09. The molecule has 1 aromatic carbocycles. The van der Waals surface area contributed by atoms with Crippen LogP contribution in [0.4, 0.5) is 28.0 Å². The highest BCUT2D eigenvalue weighted by Gasteiger charge is 2.37. The molecule has 0 bridgehead atoms. The molecule has 4 nitrogen and oxygen atoms in total. The van der Waals surface area contributed by atoms with Crippen LogP contribution < -0.4 is 5.32 Å². The highest BCUT2D eigenvalue weighted by molar-refractivity contribution is 5.91. The van der Waals surface area contributed by atoms with Crippen molar-refractivity contribution in [1.29, 1.82) is 0 Å². The predicted octanol–water partition coefficient (Wildman–Crippen LogP) is 5.41. The summed E-state index contributed by atoms with van der Waals surface area (Å²) in [4.78, 5) is 15.4. The molecule has 138 valence electrons. The number of alkyl halides is 2. The second kappa shape index (κ2) is 6.93. The Labute approximate surface area is 146 Å². The van der Waals surface area contributed by atoms with Gasteiger partial charge in [0.2, 0.25) is 5.92 Å². The van der Waals surface area contributed by atoms with Gasteiger partial charge in [0.25, 0.3) is 0 Å². The van der Waals surface area contributed by atoms with Gasteiger partial charge in [-0.25, -0.2) is 22.4 Å². The van der Waals surface area contributed by atoms with Crippen LogP contribution in [0.5, 0.6) is 0 Å². The van der Waals surface area contributed by atoms with Gasteiger partial charge in [-0.05, 0) is 37.1 Å². The van der Waals surface area contributed by atoms with E-state index in [2.05, 4.69) is 10.3 Å². The summed E-state index contributed by atoms with van der Waals surface area (Å²) in [6, 6.07) is 4.21. The lowest BCUT2D eigenvalue weighted by molar-refractivity contribution is -0.0384. The maximum Gasteiger partial charge on any atom is 0.409 e. The van der Waals surface area contributed by atoms with Gasteiger partial charge < -0.3 is 5.11 Å². The lowest BCUT2D eigenvalue weighted by atomic mass is 9.83. The molecular formula is C18H16F4N2O2. The summed E-state index contributed by atoms with van der Waals surface area (Å²) in [6.45, 7) is 0. The number of hydrogen-bond donors (Lipinski definition) is 2. The van der Waals surface area contributed by atoms with Crippen LogP contribution in [0.25, 0.3) is 11.1 Å². The van der Waals surface area contributed by atoms with Crippen molar-refractivity contribution < 1.29 is 27.5 Å². The van der Waals surface area contributed by atoms with E-state index < -0.39 is 29.6 Å². The van der Waals surface area contributed by atoms with E-state index in [4.69, 9.17) is 5.11 Å². The molecule has 1 amide bonds. The zero-order chi connectivity index (χ0) is 18.9. The van der Waals surface area contributed by atoms with Crippen molar-refractivity contribution in [3.63, 3.8) is 0 Å². The second-order valence-electron chi connectivity index (χ2n) is 6.30. The standard InChI is InChI=1S/C18H16F4N2O2/c19-11-1-2-14(20)13(9-11)12-5-8-23-15(16(12)24-17(25)26)10-3-6-18(21,22)7-4-10/h1-2,5,8-10,24H,3-4,6-7H2,(H,25,26). The SMILES string of the molecule is O=C(O)Nc1c(-c2cc(F)ccc2F)ccnc1C1CCC(F)(F)CC1. The summed E-state index contributed by atoms with van der Waals surface area (Å²) in [6.07, 6.45) is -0.463. The molecule has 3 rings (SSSR count). The van der Waals surface area contributed by atoms with Crippen LogP contribution in [-0.2, 0) is 0 Å². The third kappa shape index (κ3) is 3.79. The fourth-order valence-corrected chi connectivity index (χ4v) is 3.27. The van der Waals surface area contributed by atoms with Gasteiger partial charge in [0.1, 0.15) is 11.6 Å². The third-order valence-electron chi connectivity index (χ3n) is 4.53. The summed E-state index contributed by atoms with van der Waals surface area (Å²) in [5.41, 5.74) is 0.258. The van der Waals surface area contributed by atoms with E-state index in [9.17, 15) is 22.4 Å². The van der Waals surface area contributed by atoms with Crippen LogP contribution in [0.3, 0.4) is 0 Å². The zero-order valence-electron chi connectivity index (χ0n) is 13.6. The largest absolute Gasteiger partial charge is 0.465 e. The van der Waals surface area contributed by atoms with Crippen molar-refractivity contribution in [2.75, 3.05) is 5.32 Å². The Bertz CT molecular complexity index is 832. The van der Waals surface area contributed by atoms with Crippen LogP contribution in [0.1, 0.15) is 37.3 Å². The number of anilines is 1. The average molecular weight is 368 g/mol. The number of nitrogens with one attached hydrogen (secondary N) is 1. The molecule has 0 atom stereocenters. The van der Waals surface area contributed by atoms with E-state index in [0.717, 1.165) is 18.2 Å². The first-order valence-corrected chi connectivity index (χ1v) is 8.09. The fraction of sp³-hybridized carbons (Fsp3) is 0.333. The molecule has 26 heavy (non-hydrogen) atoms. The normalized spacial score (nSPS) is 17.1. The molecule has 0 aliphatic heterocycles. The number of nitrogens with zero attached hydrogens (tertiary/aromatic N) is 1. The summed E-state index contributed by atoms with van der Waals surface area (Å²) >= 11 is 0. The molecule has 2 aromatic rings. The number of amides is 1. The summed E-state index contributed by atoms with van der Waals surface area (Å²) in [7, 11) is 0. The Kier molecular flexibility index (Phi) is 4.84. The minimum atomic E-state index is -2.75. The summed E-state index contributed by atoms with van der Waals surface area (Å²) in [5, 5.41) is 11.3. The van der Waals surface area contributed by atoms with Gasteiger partial charge in [-0.3, -0.25) is 10.3 Å². The molecule has 0 saturated heterocycles. The predicted molar refractivity (Wildman–Crippen MR) is 87.4 cm³/mol. The van der Waals surface area contributed by atoms with Crippen molar-refractivity contribution in [3.05, 3.63) is 47.8 Å². The van der Waals surface area contributed by atoms with E-state index >= 15 is 0 Å². The molecule has 1 aromatic heterocycles. The van der Waals surface area contributed by atoms with E-state index in [1.165, 1.54) is 12.3 Å². The Morgan fingerprint density at radius 1 is 1.15 bits per heavy atom. The fourth-order valence-electron chi connectivity index (χ4n) is 3.27. The smallest absolute Gasteiger partial charge is 0.409 e. The number of halogens is 4. The number of rotatable bonds is 3. The molecule has 8 heteroatoms. The number of carboxylic acid groups (broad SMARTS) is 1. The molecule has 0 spiro atoms. The molecular weight excluding hydrogens is 352 g/mol. The monoisotopic (exact) mass is 368 g/mol. The van der Waals surface area contributed by atoms with Crippen LogP contribution >= 0.6 is 0 Å². The van der Waals surface area contributed by atoms with Crippen LogP contribution in [0.15, 0.2) is 30.5 Å². The van der Waals surface area contributed by atoms with Crippen LogP contribution in [-0.4, -0.2) is 22.1 Å². The van der Waals surface area contributed by atoms with E-state index in [1.54, 1.807) is 0 Å². The maximum atomic E-state index is 14.2. The topological polar surface area (TPSA) is 62.2 Å². The molecule has 1 aliphatic rings. The number of benzene rings is 1. The molecule has 1 saturated carbocycles. The minimum absolute atomic E-state index is 0.000263. The number of carbonyl (C=O) groups is 1. The first kappa shape index (κ1) is 18.2. The van der Waals surface area contributed by atoms with E-state index in [-0.39, 0.29) is 48.2 Å². The molecule has 1 fully saturated rings. The molecule has 0 radical (unpaired) electrons. The lowest BCUT2D eigenvalue weighted by Gasteiger charge is -2.29. The molecule has 1 heterocycles. The van der Waals surface area contributed by atoms with Crippen LogP contribution in [0, 0.1) is 11.6 Å². The second-order valence-corrected chi connectivity index (χ2v) is 6.30. The Balaban J connectivity index is 2.08. The van der Waals surface area contributed by atoms with Gasteiger partial charge in [0, 0.05) is 36.1 Å². The van der Waals surface area contributed by atoms with Gasteiger partial charge >= 0.3 is 6.09 Å². The van der Waals surface area contributed by atoms with Gasteiger partial charge in [-0.2, -0.15) is 0 Å². The highest BCUT2D eigenvalue weighted by Crippen LogP contribution is 2.44. The highest BCUT2D eigenvalue weighted by atomic mass is 19.3. The van der Waals surface area contributed by atoms with Gasteiger partial charge in [-0.1, -0.05) is 0 Å². The minimum Gasteiger partial charge on any atom is -0.465 e. The quantitative estimate of drug-likeness (QED) is 0.712. The Hall–Kier alpha value is -2.64. The van der Waals surface area contributed by atoms with Gasteiger partial charge in [-0.15, -0.1) is 0 Å². The van der Waals surface area contributed by atoms with Crippen molar-refractivity contribution >= 4 is 11.8 Å². The number of hydrogen-bond acceptors (Lipinski definition) is 2. The van der Waals surface area contributed by atoms with Crippen molar-refractivity contribution in [1.82, 2.24) is 4.98 Å². The van der Waals surface area contributed by atoms with E-state index in [1.807, 2.05) is 0 Å². The molecule has 1 aliphatic carbocycles. The zero-order valence-corrected chi connectivity index (χ0v) is 13.6. The number of aromatic nitrogens is 1. The average Bonchev–Trinajstić information content (AvgIpc) is 2.57. The van der Waals surface area contributed by atoms with Gasteiger partial charge in [0.15, 0.2) is 0 Å². The van der Waals surface area contributed by atoms with Crippen molar-refractivity contribution in [2.24, 2.45) is 0 Å². The summed E-state index contributed by atoms with van der Waals surface area (Å²) < 4.78 is 54.6. The van der Waals surface area contributed by atoms with Gasteiger partial charge in [0.05, 0.1) is 11.4 Å². The van der Waals surface area contributed by atoms with E-state index in [0.29, 0.717) is 0 Å². The Morgan fingerprint density at radius 2 is 1.85 bits per heavy atom. The first-order chi connectivity index (χ1) is 12.3. The van der Waals surface area contributed by atoms with Crippen molar-refractivity contribution in [3.8, 4) is 11.1 Å². The summed E-state index contributed by atoms with van der Waals surface area (Å²) in [5.74, 6) is -4.55. The maximum absolute atomic E-state index is 14.2. The van der Waals surface area contributed by atoms with Crippen LogP contribution in [0.2, 0.25) is 0 Å². The van der Waals surface area contributed by atoms with Crippen molar-refractivity contribution in [2.45, 2.75) is 37.5 Å². The molecule has 2 N–H and O–H groups in total. The molecule has 0 unspecified atom stereocenters.